The van der Waals surface area contributed by atoms with Gasteiger partial charge < -0.3 is 5.32 Å². The zero-order valence-corrected chi connectivity index (χ0v) is 11.8. The van der Waals surface area contributed by atoms with Crippen LogP contribution in [0.5, 0.6) is 0 Å². The van der Waals surface area contributed by atoms with E-state index in [1.807, 2.05) is 0 Å². The van der Waals surface area contributed by atoms with Gasteiger partial charge in [0.1, 0.15) is 6.04 Å². The molecule has 1 atom stereocenters. The minimum atomic E-state index is -3.85. The molecule has 1 N–H and O–H groups in total. The Balaban J connectivity index is 2.27. The van der Waals surface area contributed by atoms with Gasteiger partial charge >= 0.3 is 0 Å². The van der Waals surface area contributed by atoms with Crippen LogP contribution in [0.3, 0.4) is 0 Å². The lowest BCUT2D eigenvalue weighted by Gasteiger charge is -2.22. The quantitative estimate of drug-likeness (QED) is 0.861. The number of carbonyl (C=O) groups excluding carboxylic acids is 1. The first-order valence-corrected chi connectivity index (χ1v) is 7.84. The molecule has 0 aliphatic carbocycles. The topological polar surface area (TPSA) is 66.5 Å². The average molecular weight is 303 g/mol. The second-order valence-corrected chi connectivity index (χ2v) is 6.74. The Morgan fingerprint density at radius 3 is 2.58 bits per heavy atom. The van der Waals surface area contributed by atoms with Crippen LogP contribution in [-0.2, 0) is 14.8 Å². The van der Waals surface area contributed by atoms with E-state index in [9.17, 15) is 13.2 Å². The van der Waals surface area contributed by atoms with Crippen LogP contribution in [0, 0.1) is 0 Å². The van der Waals surface area contributed by atoms with Crippen molar-refractivity contribution in [2.45, 2.75) is 30.2 Å². The summed E-state index contributed by atoms with van der Waals surface area (Å²) < 4.78 is 25.3. The second kappa shape index (κ2) is 5.90. The summed E-state index contributed by atoms with van der Waals surface area (Å²) in [5, 5.41) is 2.67. The molecule has 0 spiro atoms. The maximum absolute atomic E-state index is 12.3. The van der Waals surface area contributed by atoms with Crippen LogP contribution >= 0.6 is 11.8 Å². The van der Waals surface area contributed by atoms with Gasteiger partial charge in [-0.1, -0.05) is 22.0 Å². The number of nitrogens with one attached hydrogen (secondary N) is 1. The molecule has 5 nitrogen and oxygen atoms in total. The lowest BCUT2D eigenvalue weighted by molar-refractivity contribution is -0.123. The van der Waals surface area contributed by atoms with E-state index in [4.69, 9.17) is 11.8 Å². The molecule has 1 saturated heterocycles. The Kier molecular flexibility index (Phi) is 4.44. The molecule has 7 heteroatoms. The van der Waals surface area contributed by atoms with Crippen molar-refractivity contribution in [3.63, 3.8) is 0 Å². The van der Waals surface area contributed by atoms with Gasteiger partial charge in [0.05, 0.1) is 4.90 Å². The summed E-state index contributed by atoms with van der Waals surface area (Å²) in [5.74, 6) is -0.341. The number of amides is 1. The van der Waals surface area contributed by atoms with Gasteiger partial charge in [-0.2, -0.15) is 0 Å². The molecule has 1 heterocycles. The number of sulfonamides is 1. The van der Waals surface area contributed by atoms with E-state index in [1.165, 1.54) is 12.1 Å². The smallest absolute Gasteiger partial charge is 0.257 e. The fourth-order valence-corrected chi connectivity index (χ4v) is 3.64. The maximum atomic E-state index is 12.3. The normalized spacial score (nSPS) is 20.9. The SMILES string of the molecule is O=C1NCCCC[C@H]1N(Cl)S(=O)(=O)c1ccccc1. The number of rotatable bonds is 3. The van der Waals surface area contributed by atoms with E-state index < -0.39 is 16.1 Å². The van der Waals surface area contributed by atoms with E-state index in [2.05, 4.69) is 5.32 Å². The number of nitrogens with zero attached hydrogens (tertiary/aromatic N) is 1. The van der Waals surface area contributed by atoms with E-state index in [0.29, 0.717) is 16.8 Å². The standard InChI is InChI=1S/C12H15ClN2O3S/c13-15(11-8-4-5-9-14-12(11)16)19(17,18)10-6-2-1-3-7-10/h1-3,6-7,11H,4-5,8-9H2,(H,14,16)/t11-/m1/s1. The van der Waals surface area contributed by atoms with Crippen molar-refractivity contribution < 1.29 is 13.2 Å². The lowest BCUT2D eigenvalue weighted by atomic mass is 10.1. The van der Waals surface area contributed by atoms with Gasteiger partial charge in [-0.15, -0.1) is 0 Å². The predicted octanol–water partition coefficient (Wildman–Crippen LogP) is 1.50. The van der Waals surface area contributed by atoms with Crippen LogP contribution in [0.4, 0.5) is 0 Å². The summed E-state index contributed by atoms with van der Waals surface area (Å²) in [6.07, 6.45) is 2.02. The minimum Gasteiger partial charge on any atom is -0.355 e. The van der Waals surface area contributed by atoms with Crippen molar-refractivity contribution in [1.82, 2.24) is 9.14 Å². The molecule has 1 aromatic carbocycles. The fraction of sp³-hybridized carbons (Fsp3) is 0.417. The van der Waals surface area contributed by atoms with Crippen molar-refractivity contribution in [3.05, 3.63) is 30.3 Å². The molecular formula is C12H15ClN2O3S. The summed E-state index contributed by atoms with van der Waals surface area (Å²) in [5.41, 5.74) is 0. The van der Waals surface area contributed by atoms with Crippen LogP contribution in [0.2, 0.25) is 0 Å². The predicted molar refractivity (Wildman–Crippen MR) is 72.0 cm³/mol. The summed E-state index contributed by atoms with van der Waals surface area (Å²) in [4.78, 5) is 11.9. The largest absolute Gasteiger partial charge is 0.355 e. The molecule has 0 radical (unpaired) electrons. The summed E-state index contributed by atoms with van der Waals surface area (Å²) >= 11 is 5.94. The third-order valence-corrected chi connectivity index (χ3v) is 5.38. The molecule has 1 amide bonds. The minimum absolute atomic E-state index is 0.0852. The molecule has 2 rings (SSSR count). The van der Waals surface area contributed by atoms with Gasteiger partial charge in [-0.05, 0) is 43.2 Å². The van der Waals surface area contributed by atoms with Gasteiger partial charge in [0.15, 0.2) is 0 Å². The third-order valence-electron chi connectivity index (χ3n) is 3.02. The first-order valence-electron chi connectivity index (χ1n) is 6.06. The fourth-order valence-electron chi connectivity index (χ4n) is 1.98. The van der Waals surface area contributed by atoms with E-state index in [0.717, 1.165) is 12.8 Å². The van der Waals surface area contributed by atoms with Crippen molar-refractivity contribution in [1.29, 1.82) is 0 Å². The number of halogens is 1. The van der Waals surface area contributed by atoms with Gasteiger partial charge in [0.25, 0.3) is 10.0 Å². The summed E-state index contributed by atoms with van der Waals surface area (Å²) in [6, 6.07) is 7.01. The van der Waals surface area contributed by atoms with E-state index in [-0.39, 0.29) is 10.8 Å². The van der Waals surface area contributed by atoms with Crippen LogP contribution in [0.1, 0.15) is 19.3 Å². The highest BCUT2D eigenvalue weighted by Gasteiger charge is 2.35. The molecule has 1 aliphatic rings. The van der Waals surface area contributed by atoms with Gasteiger partial charge in [-0.3, -0.25) is 4.79 Å². The molecule has 104 valence electrons. The van der Waals surface area contributed by atoms with Crippen LogP contribution in [0.25, 0.3) is 0 Å². The Bertz CT molecular complexity index is 547. The highest BCUT2D eigenvalue weighted by molar-refractivity contribution is 7.90. The Labute approximate surface area is 117 Å². The number of carbonyl (C=O) groups is 1. The van der Waals surface area contributed by atoms with Crippen molar-refractivity contribution in [3.8, 4) is 0 Å². The molecule has 1 fully saturated rings. The average Bonchev–Trinajstić information content (AvgIpc) is 2.63. The zero-order chi connectivity index (χ0) is 13.9. The zero-order valence-electron chi connectivity index (χ0n) is 10.3. The highest BCUT2D eigenvalue weighted by atomic mass is 35.5. The van der Waals surface area contributed by atoms with Crippen molar-refractivity contribution >= 4 is 27.7 Å². The molecular weight excluding hydrogens is 288 g/mol. The molecule has 0 aromatic heterocycles. The Morgan fingerprint density at radius 2 is 1.89 bits per heavy atom. The van der Waals surface area contributed by atoms with Crippen LogP contribution < -0.4 is 5.32 Å². The number of hydrogen-bond acceptors (Lipinski definition) is 3. The molecule has 0 saturated carbocycles. The van der Waals surface area contributed by atoms with Crippen LogP contribution in [0.15, 0.2) is 35.2 Å². The van der Waals surface area contributed by atoms with Crippen molar-refractivity contribution in [2.24, 2.45) is 0 Å². The summed E-state index contributed by atoms with van der Waals surface area (Å²) in [6.45, 7) is 0.561. The lowest BCUT2D eigenvalue weighted by Crippen LogP contribution is -2.43. The van der Waals surface area contributed by atoms with Gasteiger partial charge in [-0.25, -0.2) is 8.42 Å². The Hall–Kier alpha value is -1.11. The first kappa shape index (κ1) is 14.3. The summed E-state index contributed by atoms with van der Waals surface area (Å²) in [7, 11) is -3.85. The second-order valence-electron chi connectivity index (χ2n) is 4.36. The molecule has 19 heavy (non-hydrogen) atoms. The molecule has 1 aromatic rings. The Morgan fingerprint density at radius 1 is 1.21 bits per heavy atom. The highest BCUT2D eigenvalue weighted by Crippen LogP contribution is 2.24. The van der Waals surface area contributed by atoms with Crippen LogP contribution in [-0.4, -0.2) is 30.7 Å². The first-order chi connectivity index (χ1) is 9.03. The molecule has 1 aliphatic heterocycles. The molecule has 0 bridgehead atoms. The van der Waals surface area contributed by atoms with Crippen molar-refractivity contribution in [2.75, 3.05) is 6.54 Å². The maximum Gasteiger partial charge on any atom is 0.257 e. The van der Waals surface area contributed by atoms with Gasteiger partial charge in [0, 0.05) is 6.54 Å². The monoisotopic (exact) mass is 302 g/mol. The molecule has 0 unspecified atom stereocenters. The van der Waals surface area contributed by atoms with E-state index >= 15 is 0 Å². The number of hydrogen-bond donors (Lipinski definition) is 1. The third kappa shape index (κ3) is 3.08. The van der Waals surface area contributed by atoms with E-state index in [1.54, 1.807) is 18.2 Å². The van der Waals surface area contributed by atoms with Gasteiger partial charge in [0.2, 0.25) is 5.91 Å². The number of benzene rings is 1.